The predicted octanol–water partition coefficient (Wildman–Crippen LogP) is 1.55. The Morgan fingerprint density at radius 2 is 1.84 bits per heavy atom. The number of nitrogens with one attached hydrogen (secondary N) is 2. The number of nitrogens with two attached hydrogens (primary N) is 1. The highest BCUT2D eigenvalue weighted by Crippen LogP contribution is 2.18. The third kappa shape index (κ3) is 6.01. The maximum atomic E-state index is 12.8. The molecule has 32 heavy (non-hydrogen) atoms. The topological polar surface area (TPSA) is 120 Å². The van der Waals surface area contributed by atoms with Crippen molar-refractivity contribution in [3.05, 3.63) is 89.5 Å². The lowest BCUT2D eigenvalue weighted by atomic mass is 10.1. The van der Waals surface area contributed by atoms with Crippen molar-refractivity contribution in [2.24, 2.45) is 5.84 Å². The van der Waals surface area contributed by atoms with E-state index in [0.29, 0.717) is 23.4 Å². The van der Waals surface area contributed by atoms with Gasteiger partial charge in [-0.15, -0.1) is 0 Å². The average molecular weight is 438 g/mol. The van der Waals surface area contributed by atoms with Crippen LogP contribution in [-0.2, 0) is 27.2 Å². The van der Waals surface area contributed by atoms with Crippen LogP contribution in [0.2, 0.25) is 0 Å². The molecule has 4 N–H and O–H groups in total. The third-order valence-corrected chi connectivity index (χ3v) is 4.92. The lowest BCUT2D eigenvalue weighted by Crippen LogP contribution is -2.50. The van der Waals surface area contributed by atoms with Crippen molar-refractivity contribution in [2.45, 2.75) is 25.3 Å². The summed E-state index contributed by atoms with van der Waals surface area (Å²) in [5.74, 6) is 4.40. The van der Waals surface area contributed by atoms with Gasteiger partial charge in [-0.25, -0.2) is 10.8 Å². The van der Waals surface area contributed by atoms with Crippen molar-refractivity contribution in [3.8, 4) is 0 Å². The molecule has 0 radical (unpaired) electrons. The number of ether oxygens (including phenoxy) is 2. The molecule has 9 nitrogen and oxygen atoms in total. The van der Waals surface area contributed by atoms with E-state index in [2.05, 4.69) is 15.7 Å². The van der Waals surface area contributed by atoms with Gasteiger partial charge in [0.05, 0.1) is 12.0 Å². The number of carbonyl (C=O) groups excluding carboxylic acids is 2. The van der Waals surface area contributed by atoms with Crippen LogP contribution in [0.15, 0.2) is 67.1 Å². The lowest BCUT2D eigenvalue weighted by Gasteiger charge is -2.17. The molecule has 3 rings (SSSR count). The maximum absolute atomic E-state index is 12.8. The van der Waals surface area contributed by atoms with Gasteiger partial charge in [0.2, 0.25) is 0 Å². The van der Waals surface area contributed by atoms with Crippen LogP contribution >= 0.6 is 0 Å². The first kappa shape index (κ1) is 23.1. The van der Waals surface area contributed by atoms with Crippen molar-refractivity contribution in [1.29, 1.82) is 0 Å². The van der Waals surface area contributed by atoms with Gasteiger partial charge in [0.25, 0.3) is 11.8 Å². The normalized spacial score (nSPS) is 11.9. The predicted molar refractivity (Wildman–Crippen MR) is 118 cm³/mol. The van der Waals surface area contributed by atoms with Gasteiger partial charge in [0, 0.05) is 44.5 Å². The smallest absolute Gasteiger partial charge is 0.256 e. The van der Waals surface area contributed by atoms with Crippen LogP contribution in [0.4, 0.5) is 0 Å². The lowest BCUT2D eigenvalue weighted by molar-refractivity contribution is -0.123. The number of carbonyl (C=O) groups is 2. The molecule has 0 fully saturated rings. The number of aromatic nitrogens is 2. The van der Waals surface area contributed by atoms with Gasteiger partial charge in [0.1, 0.15) is 6.04 Å². The summed E-state index contributed by atoms with van der Waals surface area (Å²) in [6.07, 6.45) is 3.13. The standard InChI is InChI=1S/C23H27N5O4/c1-31-23(32-2)18-10-6-9-17(11-18)21(29)26-20(22(30)27-24)12-19-14-28(15-25-19)13-16-7-4-3-5-8-16/h3-11,14-15,20,23H,12-13,24H2,1-2H3,(H,26,29)(H,27,30)/t20-/m0/s1. The number of amides is 2. The Morgan fingerprint density at radius 3 is 2.53 bits per heavy atom. The van der Waals surface area contributed by atoms with E-state index in [9.17, 15) is 9.59 Å². The minimum Gasteiger partial charge on any atom is -0.352 e. The van der Waals surface area contributed by atoms with Gasteiger partial charge in [-0.05, 0) is 17.7 Å². The summed E-state index contributed by atoms with van der Waals surface area (Å²) >= 11 is 0. The summed E-state index contributed by atoms with van der Waals surface area (Å²) in [7, 11) is 3.03. The zero-order valence-electron chi connectivity index (χ0n) is 18.0. The maximum Gasteiger partial charge on any atom is 0.256 e. The van der Waals surface area contributed by atoms with Crippen molar-refractivity contribution < 1.29 is 19.1 Å². The first-order valence-electron chi connectivity index (χ1n) is 10.1. The van der Waals surface area contributed by atoms with Gasteiger partial charge < -0.3 is 19.4 Å². The fraction of sp³-hybridized carbons (Fsp3) is 0.261. The molecule has 1 heterocycles. The van der Waals surface area contributed by atoms with Gasteiger partial charge in [0.15, 0.2) is 6.29 Å². The second-order valence-electron chi connectivity index (χ2n) is 7.19. The molecular weight excluding hydrogens is 410 g/mol. The first-order valence-corrected chi connectivity index (χ1v) is 10.1. The number of rotatable bonds is 10. The van der Waals surface area contributed by atoms with Crippen molar-refractivity contribution >= 4 is 11.8 Å². The SMILES string of the molecule is COC(OC)c1cccc(C(=O)N[C@@H](Cc2cn(Cc3ccccc3)cn2)C(=O)NN)c1. The largest absolute Gasteiger partial charge is 0.352 e. The monoisotopic (exact) mass is 437 g/mol. The van der Waals surface area contributed by atoms with Crippen LogP contribution in [0.25, 0.3) is 0 Å². The number of hydrogen-bond acceptors (Lipinski definition) is 6. The summed E-state index contributed by atoms with van der Waals surface area (Å²) in [6, 6.07) is 15.9. The summed E-state index contributed by atoms with van der Waals surface area (Å²) in [5, 5.41) is 2.73. The summed E-state index contributed by atoms with van der Waals surface area (Å²) < 4.78 is 12.4. The van der Waals surface area contributed by atoms with E-state index in [1.807, 2.05) is 41.1 Å². The van der Waals surface area contributed by atoms with E-state index < -0.39 is 24.1 Å². The number of nitrogens with zero attached hydrogens (tertiary/aromatic N) is 2. The van der Waals surface area contributed by atoms with Crippen LogP contribution in [0.3, 0.4) is 0 Å². The molecule has 0 aliphatic heterocycles. The van der Waals surface area contributed by atoms with Gasteiger partial charge >= 0.3 is 0 Å². The van der Waals surface area contributed by atoms with E-state index in [1.54, 1.807) is 30.6 Å². The van der Waals surface area contributed by atoms with Crippen molar-refractivity contribution in [1.82, 2.24) is 20.3 Å². The second kappa shape index (κ2) is 11.2. The Morgan fingerprint density at radius 1 is 1.09 bits per heavy atom. The van der Waals surface area contributed by atoms with Crippen molar-refractivity contribution in [3.63, 3.8) is 0 Å². The molecule has 0 bridgehead atoms. The molecule has 9 heteroatoms. The van der Waals surface area contributed by atoms with Crippen LogP contribution in [-0.4, -0.2) is 41.6 Å². The Labute approximate surface area is 186 Å². The molecule has 0 saturated carbocycles. The molecule has 2 amide bonds. The molecular formula is C23H27N5O4. The van der Waals surface area contributed by atoms with Gasteiger partial charge in [-0.2, -0.15) is 0 Å². The van der Waals surface area contributed by atoms with E-state index in [4.69, 9.17) is 15.3 Å². The number of methoxy groups -OCH3 is 2. The summed E-state index contributed by atoms with van der Waals surface area (Å²) in [6.45, 7) is 0.654. The Kier molecular flexibility index (Phi) is 8.09. The first-order chi connectivity index (χ1) is 15.5. The van der Waals surface area contributed by atoms with Crippen LogP contribution in [0, 0.1) is 0 Å². The average Bonchev–Trinajstić information content (AvgIpc) is 3.26. The minimum absolute atomic E-state index is 0.190. The molecule has 0 spiro atoms. The Bertz CT molecular complexity index is 1030. The summed E-state index contributed by atoms with van der Waals surface area (Å²) in [5.41, 5.74) is 4.94. The zero-order valence-corrected chi connectivity index (χ0v) is 18.0. The molecule has 1 aromatic heterocycles. The minimum atomic E-state index is -0.892. The number of imidazole rings is 1. The number of hydrogen-bond donors (Lipinski definition) is 3. The number of hydrazine groups is 1. The highest BCUT2D eigenvalue weighted by molar-refractivity contribution is 5.97. The summed E-state index contributed by atoms with van der Waals surface area (Å²) in [4.78, 5) is 29.5. The highest BCUT2D eigenvalue weighted by atomic mass is 16.7. The van der Waals surface area contributed by atoms with Gasteiger partial charge in [-0.3, -0.25) is 15.0 Å². The second-order valence-corrected chi connectivity index (χ2v) is 7.19. The van der Waals surface area contributed by atoms with Gasteiger partial charge in [-0.1, -0.05) is 42.5 Å². The number of benzene rings is 2. The quantitative estimate of drug-likeness (QED) is 0.192. The van der Waals surface area contributed by atoms with Crippen LogP contribution in [0.1, 0.15) is 33.5 Å². The molecule has 168 valence electrons. The Balaban J connectivity index is 1.70. The fourth-order valence-corrected chi connectivity index (χ4v) is 3.35. The van der Waals surface area contributed by atoms with Crippen LogP contribution in [0.5, 0.6) is 0 Å². The zero-order chi connectivity index (χ0) is 22.9. The van der Waals surface area contributed by atoms with Crippen molar-refractivity contribution in [2.75, 3.05) is 14.2 Å². The van der Waals surface area contributed by atoms with E-state index in [-0.39, 0.29) is 6.42 Å². The highest BCUT2D eigenvalue weighted by Gasteiger charge is 2.23. The Hall–Kier alpha value is -3.53. The van der Waals surface area contributed by atoms with E-state index >= 15 is 0 Å². The van der Waals surface area contributed by atoms with E-state index in [1.165, 1.54) is 14.2 Å². The molecule has 3 aromatic rings. The third-order valence-electron chi connectivity index (χ3n) is 4.92. The molecule has 0 unspecified atom stereocenters. The fourth-order valence-electron chi connectivity index (χ4n) is 3.35. The molecule has 0 saturated heterocycles. The molecule has 0 aliphatic carbocycles. The molecule has 1 atom stereocenters. The molecule has 2 aromatic carbocycles. The van der Waals surface area contributed by atoms with Crippen LogP contribution < -0.4 is 16.6 Å². The molecule has 0 aliphatic rings. The van der Waals surface area contributed by atoms with E-state index in [0.717, 1.165) is 5.56 Å².